The summed E-state index contributed by atoms with van der Waals surface area (Å²) < 4.78 is 1.39. The Bertz CT molecular complexity index is 1110. The molecule has 1 saturated heterocycles. The molecule has 3 heterocycles. The fraction of sp³-hybridized carbons (Fsp3) is 0.583. The van der Waals surface area contributed by atoms with Crippen molar-refractivity contribution in [3.05, 3.63) is 18.6 Å². The molecule has 3 N–H and O–H groups in total. The van der Waals surface area contributed by atoms with E-state index < -0.39 is 12.1 Å². The Kier molecular flexibility index (Phi) is 8.76. The average molecular weight is 483 g/mol. The molecule has 1 aliphatic heterocycles. The van der Waals surface area contributed by atoms with Crippen LogP contribution in [0.3, 0.4) is 0 Å². The first-order chi connectivity index (χ1) is 16.8. The van der Waals surface area contributed by atoms with E-state index in [-0.39, 0.29) is 24.2 Å². The summed E-state index contributed by atoms with van der Waals surface area (Å²) in [4.78, 5) is 49.9. The lowest BCUT2D eigenvalue weighted by Gasteiger charge is -2.42. The molecule has 0 radical (unpaired) electrons. The van der Waals surface area contributed by atoms with Gasteiger partial charge < -0.3 is 20.9 Å². The first-order valence-electron chi connectivity index (χ1n) is 12.0. The van der Waals surface area contributed by atoms with Crippen molar-refractivity contribution in [2.24, 2.45) is 11.7 Å². The maximum atomic E-state index is 13.0. The number of hydrogen-bond acceptors (Lipinski definition) is 8. The van der Waals surface area contributed by atoms with Crippen LogP contribution in [-0.2, 0) is 9.59 Å². The molecule has 3 rings (SSSR count). The number of rotatable bonds is 9. The number of carbonyl (C=O) groups excluding carboxylic acids is 3. The molecule has 2 amide bonds. The van der Waals surface area contributed by atoms with Crippen LogP contribution in [0.15, 0.2) is 18.6 Å². The minimum atomic E-state index is -0.587. The molecule has 1 aliphatic rings. The van der Waals surface area contributed by atoms with Crippen LogP contribution in [0.25, 0.3) is 11.0 Å². The minimum absolute atomic E-state index is 0.00805. The van der Waals surface area contributed by atoms with Crippen LogP contribution in [0.4, 0.5) is 10.6 Å². The number of hydrogen-bond donors (Lipinski definition) is 2. The highest BCUT2D eigenvalue weighted by atomic mass is 16.2. The topological polar surface area (TPSA) is 150 Å². The molecule has 11 heteroatoms. The summed E-state index contributed by atoms with van der Waals surface area (Å²) in [5, 5.41) is 12.4. The summed E-state index contributed by atoms with van der Waals surface area (Å²) in [6.45, 7) is 5.26. The third-order valence-corrected chi connectivity index (χ3v) is 6.75. The number of Topliss-reactive ketones (excluding diaryl/α,β-unsaturated/α-hetero) is 1. The van der Waals surface area contributed by atoms with Crippen molar-refractivity contribution in [3.63, 3.8) is 0 Å². The van der Waals surface area contributed by atoms with Crippen molar-refractivity contribution in [1.82, 2.24) is 24.8 Å². The van der Waals surface area contributed by atoms with Gasteiger partial charge in [0.25, 0.3) is 0 Å². The van der Waals surface area contributed by atoms with Crippen molar-refractivity contribution in [2.75, 3.05) is 31.6 Å². The second-order valence-electron chi connectivity index (χ2n) is 9.14. The number of likely N-dealkylation sites (N-methyl/N-ethyl adjacent to an activating group) is 1. The Morgan fingerprint density at radius 2 is 2.11 bits per heavy atom. The zero-order valence-corrected chi connectivity index (χ0v) is 20.6. The third-order valence-electron chi connectivity index (χ3n) is 6.75. The van der Waals surface area contributed by atoms with E-state index in [1.54, 1.807) is 17.2 Å². The van der Waals surface area contributed by atoms with Gasteiger partial charge in [-0.05, 0) is 51.1 Å². The number of nitrogens with zero attached hydrogens (tertiary/aromatic N) is 6. The van der Waals surface area contributed by atoms with E-state index in [4.69, 9.17) is 11.0 Å². The van der Waals surface area contributed by atoms with Crippen molar-refractivity contribution in [1.29, 1.82) is 5.26 Å². The quantitative estimate of drug-likeness (QED) is 0.512. The zero-order chi connectivity index (χ0) is 25.5. The molecule has 0 aromatic carbocycles. The van der Waals surface area contributed by atoms with E-state index in [1.807, 2.05) is 18.0 Å². The van der Waals surface area contributed by atoms with Gasteiger partial charge in [-0.2, -0.15) is 5.26 Å². The highest BCUT2D eigenvalue weighted by Crippen LogP contribution is 2.29. The number of nitriles is 1. The third kappa shape index (κ3) is 5.95. The Hall–Kier alpha value is -3.52. The summed E-state index contributed by atoms with van der Waals surface area (Å²) in [6.07, 6.45) is 5.78. The second-order valence-corrected chi connectivity index (χ2v) is 9.14. The van der Waals surface area contributed by atoms with E-state index in [2.05, 4.69) is 22.2 Å². The van der Waals surface area contributed by atoms with Gasteiger partial charge in [0.05, 0.1) is 23.5 Å². The maximum Gasteiger partial charge on any atom is 0.327 e. The van der Waals surface area contributed by atoms with Crippen LogP contribution in [0.5, 0.6) is 0 Å². The lowest BCUT2D eigenvalue weighted by atomic mass is 9.92. The average Bonchev–Trinajstić information content (AvgIpc) is 3.28. The molecule has 2 aromatic heterocycles. The van der Waals surface area contributed by atoms with Gasteiger partial charge in [0.15, 0.2) is 11.4 Å². The number of carbonyl (C=O) groups is 3. The van der Waals surface area contributed by atoms with Crippen molar-refractivity contribution in [3.8, 4) is 6.07 Å². The Labute approximate surface area is 205 Å². The van der Waals surface area contributed by atoms with Gasteiger partial charge in [-0.3, -0.25) is 14.2 Å². The number of likely N-dealkylation sites (tertiary alicyclic amines) is 1. The standard InChI is InChI=1S/C24H34N8O3/c1-16-8-12-31(21(34)7-11-26)14-20(16)30(3)22-18-9-13-32(23(18)28-15-27-22)24(35)29-19(17(2)33)6-4-5-10-25/h9,13,15-16,19-20H,4-8,10,12,14,25H2,1-3H3,(H,29,35)/t16-,19+,20+/m1/s1. The van der Waals surface area contributed by atoms with Crippen molar-refractivity contribution in [2.45, 2.75) is 58.0 Å². The van der Waals surface area contributed by atoms with Crippen LogP contribution in [0, 0.1) is 17.2 Å². The molecule has 1 fully saturated rings. The van der Waals surface area contributed by atoms with Gasteiger partial charge in [-0.25, -0.2) is 14.8 Å². The van der Waals surface area contributed by atoms with Gasteiger partial charge in [-0.15, -0.1) is 0 Å². The fourth-order valence-electron chi connectivity index (χ4n) is 4.59. The van der Waals surface area contributed by atoms with Crippen LogP contribution >= 0.6 is 0 Å². The minimum Gasteiger partial charge on any atom is -0.354 e. The van der Waals surface area contributed by atoms with Crippen molar-refractivity contribution < 1.29 is 14.4 Å². The summed E-state index contributed by atoms with van der Waals surface area (Å²) in [7, 11) is 1.92. The normalized spacial score (nSPS) is 18.7. The summed E-state index contributed by atoms with van der Waals surface area (Å²) in [5.41, 5.74) is 5.98. The number of aromatic nitrogens is 3. The molecule has 35 heavy (non-hydrogen) atoms. The number of ketones is 1. The highest BCUT2D eigenvalue weighted by Gasteiger charge is 2.33. The molecule has 188 valence electrons. The summed E-state index contributed by atoms with van der Waals surface area (Å²) in [5.74, 6) is 0.675. The SMILES string of the molecule is CC(=O)[C@H](CCCCN)NC(=O)n1ccc2c(N(C)[C@H]3CN(C(=O)CC#N)CC[C@H]3C)ncnc21. The first-order valence-corrected chi connectivity index (χ1v) is 12.0. The van der Waals surface area contributed by atoms with E-state index in [0.717, 1.165) is 19.3 Å². The van der Waals surface area contributed by atoms with E-state index in [9.17, 15) is 14.4 Å². The lowest BCUT2D eigenvalue weighted by molar-refractivity contribution is -0.131. The molecule has 11 nitrogen and oxygen atoms in total. The number of anilines is 1. The van der Waals surface area contributed by atoms with E-state index in [1.165, 1.54) is 17.8 Å². The molecular formula is C24H34N8O3. The van der Waals surface area contributed by atoms with Crippen LogP contribution in [0.2, 0.25) is 0 Å². The van der Waals surface area contributed by atoms with Crippen LogP contribution < -0.4 is 16.0 Å². The Balaban J connectivity index is 1.82. The maximum absolute atomic E-state index is 13.0. The van der Waals surface area contributed by atoms with E-state index in [0.29, 0.717) is 48.8 Å². The number of fused-ring (bicyclic) bond motifs is 1. The summed E-state index contributed by atoms with van der Waals surface area (Å²) >= 11 is 0. The Morgan fingerprint density at radius 3 is 2.80 bits per heavy atom. The number of nitrogens with two attached hydrogens (primary N) is 1. The molecule has 0 spiro atoms. The highest BCUT2D eigenvalue weighted by molar-refractivity contribution is 5.96. The summed E-state index contributed by atoms with van der Waals surface area (Å²) in [6, 6.07) is 2.69. The Morgan fingerprint density at radius 1 is 1.34 bits per heavy atom. The number of piperidine rings is 1. The van der Waals surface area contributed by atoms with Gasteiger partial charge >= 0.3 is 6.03 Å². The van der Waals surface area contributed by atoms with Crippen LogP contribution in [0.1, 0.15) is 46.0 Å². The number of unbranched alkanes of at least 4 members (excludes halogenated alkanes) is 1. The van der Waals surface area contributed by atoms with Gasteiger partial charge in [0.1, 0.15) is 18.6 Å². The molecule has 0 saturated carbocycles. The second kappa shape index (κ2) is 11.8. The first kappa shape index (κ1) is 26.1. The predicted octanol–water partition coefficient (Wildman–Crippen LogP) is 1.66. The number of amides is 2. The monoisotopic (exact) mass is 482 g/mol. The number of nitrogens with one attached hydrogen (secondary N) is 1. The van der Waals surface area contributed by atoms with Gasteiger partial charge in [0.2, 0.25) is 5.91 Å². The van der Waals surface area contributed by atoms with Crippen molar-refractivity contribution >= 4 is 34.6 Å². The van der Waals surface area contributed by atoms with Crippen LogP contribution in [-0.4, -0.2) is 75.9 Å². The van der Waals surface area contributed by atoms with E-state index >= 15 is 0 Å². The predicted molar refractivity (Wildman–Crippen MR) is 132 cm³/mol. The zero-order valence-electron chi connectivity index (χ0n) is 20.6. The molecule has 0 aliphatic carbocycles. The lowest BCUT2D eigenvalue weighted by Crippen LogP contribution is -2.52. The van der Waals surface area contributed by atoms with Gasteiger partial charge in [-0.1, -0.05) is 6.92 Å². The van der Waals surface area contributed by atoms with Gasteiger partial charge in [0, 0.05) is 26.3 Å². The molecule has 0 bridgehead atoms. The molecule has 2 aromatic rings. The molecule has 0 unspecified atom stereocenters. The molecular weight excluding hydrogens is 448 g/mol. The molecule has 3 atom stereocenters. The fourth-order valence-corrected chi connectivity index (χ4v) is 4.59. The largest absolute Gasteiger partial charge is 0.354 e. The smallest absolute Gasteiger partial charge is 0.327 e.